The Morgan fingerprint density at radius 2 is 0.698 bits per heavy atom. The third-order valence-electron chi connectivity index (χ3n) is 12.2. The van der Waals surface area contributed by atoms with E-state index in [2.05, 4.69) is 42.7 Å². The predicted octanol–water partition coefficient (Wildman–Crippen LogP) is 17.5. The smallest absolute Gasteiger partial charge is 0.462 e. The van der Waals surface area contributed by atoms with Crippen molar-refractivity contribution in [2.75, 3.05) is 13.2 Å². The highest BCUT2D eigenvalue weighted by Crippen LogP contribution is 2.36. The minimum absolute atomic E-state index is 0.209. The standard InChI is InChI=1S/C54H103O8P/c1-3-5-7-9-11-13-15-17-19-21-23-25-27-29-30-32-34-36-38-40-42-44-46-48-53(55)60-50-52(51-61-63(57,58)59)62-54(56)49-47-45-43-41-39-37-35-33-31-28-26-24-22-20-18-16-14-12-10-8-6-4-2/h32,34,40,42,52H,3-31,33,35-39,41,43-51H2,1-2H3,(H2,57,58,59)/b34-32+,42-40+/t52-/m1/s1. The summed E-state index contributed by atoms with van der Waals surface area (Å²) in [5, 5.41) is 0. The van der Waals surface area contributed by atoms with E-state index in [0.29, 0.717) is 12.8 Å². The number of carbonyl (C=O) groups excluding carboxylic acids is 2. The van der Waals surface area contributed by atoms with Gasteiger partial charge in [-0.3, -0.25) is 14.1 Å². The number of carbonyl (C=O) groups is 2. The molecule has 9 heteroatoms. The van der Waals surface area contributed by atoms with Crippen molar-refractivity contribution >= 4 is 19.8 Å². The summed E-state index contributed by atoms with van der Waals surface area (Å²) in [6, 6.07) is 0. The lowest BCUT2D eigenvalue weighted by Gasteiger charge is -2.18. The van der Waals surface area contributed by atoms with E-state index in [0.717, 1.165) is 44.9 Å². The molecule has 0 fully saturated rings. The van der Waals surface area contributed by atoms with Crippen LogP contribution in [-0.4, -0.2) is 41.0 Å². The van der Waals surface area contributed by atoms with Gasteiger partial charge in [0.25, 0.3) is 0 Å². The number of esters is 2. The van der Waals surface area contributed by atoms with E-state index >= 15 is 0 Å². The van der Waals surface area contributed by atoms with Crippen LogP contribution < -0.4 is 0 Å². The van der Waals surface area contributed by atoms with E-state index in [-0.39, 0.29) is 19.4 Å². The quantitative estimate of drug-likeness (QED) is 0.0268. The van der Waals surface area contributed by atoms with Gasteiger partial charge in [0, 0.05) is 12.8 Å². The zero-order chi connectivity index (χ0) is 46.0. The molecule has 0 aromatic rings. The topological polar surface area (TPSA) is 119 Å². The van der Waals surface area contributed by atoms with E-state index in [4.69, 9.17) is 19.3 Å². The van der Waals surface area contributed by atoms with Gasteiger partial charge in [-0.25, -0.2) is 4.57 Å². The summed E-state index contributed by atoms with van der Waals surface area (Å²) >= 11 is 0. The number of hydrogen-bond acceptors (Lipinski definition) is 6. The molecule has 0 amide bonds. The minimum Gasteiger partial charge on any atom is -0.462 e. The second kappa shape index (κ2) is 50.0. The molecule has 63 heavy (non-hydrogen) atoms. The summed E-state index contributed by atoms with van der Waals surface area (Å²) in [7, 11) is -4.77. The Balaban J connectivity index is 3.81. The van der Waals surface area contributed by atoms with Crippen molar-refractivity contribution in [3.63, 3.8) is 0 Å². The van der Waals surface area contributed by atoms with Crippen molar-refractivity contribution in [3.05, 3.63) is 24.3 Å². The van der Waals surface area contributed by atoms with Gasteiger partial charge in [-0.05, 0) is 44.9 Å². The van der Waals surface area contributed by atoms with Crippen LogP contribution in [0.15, 0.2) is 24.3 Å². The predicted molar refractivity (Wildman–Crippen MR) is 267 cm³/mol. The molecule has 372 valence electrons. The molecule has 0 aliphatic heterocycles. The molecule has 0 aromatic carbocycles. The lowest BCUT2D eigenvalue weighted by atomic mass is 10.0. The highest BCUT2D eigenvalue weighted by Gasteiger charge is 2.23. The molecule has 0 saturated carbocycles. The summed E-state index contributed by atoms with van der Waals surface area (Å²) in [6.45, 7) is 3.72. The van der Waals surface area contributed by atoms with Gasteiger partial charge < -0.3 is 19.3 Å². The normalized spacial score (nSPS) is 12.5. The maximum Gasteiger partial charge on any atom is 0.469 e. The summed E-state index contributed by atoms with van der Waals surface area (Å²) in [6.07, 6.45) is 60.8. The second-order valence-corrected chi connectivity index (χ2v) is 19.8. The highest BCUT2D eigenvalue weighted by molar-refractivity contribution is 7.46. The average molecular weight is 911 g/mol. The molecule has 0 aromatic heterocycles. The number of allylic oxidation sites excluding steroid dienone is 4. The van der Waals surface area contributed by atoms with Crippen molar-refractivity contribution in [2.24, 2.45) is 0 Å². The Kier molecular flexibility index (Phi) is 48.8. The molecule has 0 heterocycles. The first-order valence-corrected chi connectivity index (χ1v) is 28.7. The van der Waals surface area contributed by atoms with Gasteiger partial charge in [0.2, 0.25) is 0 Å². The number of ether oxygens (including phenoxy) is 2. The average Bonchev–Trinajstić information content (AvgIpc) is 3.26. The van der Waals surface area contributed by atoms with Crippen molar-refractivity contribution in [3.8, 4) is 0 Å². The van der Waals surface area contributed by atoms with Crippen molar-refractivity contribution in [1.29, 1.82) is 0 Å². The molecule has 0 saturated heterocycles. The van der Waals surface area contributed by atoms with Crippen LogP contribution in [0.2, 0.25) is 0 Å². The number of rotatable bonds is 51. The van der Waals surface area contributed by atoms with E-state index in [1.807, 2.05) is 0 Å². The molecule has 0 radical (unpaired) electrons. The lowest BCUT2D eigenvalue weighted by Crippen LogP contribution is -2.29. The second-order valence-electron chi connectivity index (χ2n) is 18.6. The van der Waals surface area contributed by atoms with E-state index in [1.165, 1.54) is 205 Å². The Hall–Kier alpha value is -1.47. The van der Waals surface area contributed by atoms with Crippen LogP contribution in [0, 0.1) is 0 Å². The molecule has 0 spiro atoms. The first-order valence-electron chi connectivity index (χ1n) is 27.1. The Bertz CT molecular complexity index is 1070. The molecular weight excluding hydrogens is 808 g/mol. The van der Waals surface area contributed by atoms with Crippen LogP contribution in [0.4, 0.5) is 0 Å². The van der Waals surface area contributed by atoms with Crippen LogP contribution in [0.25, 0.3) is 0 Å². The first-order chi connectivity index (χ1) is 30.8. The van der Waals surface area contributed by atoms with Gasteiger partial charge in [0.15, 0.2) is 6.10 Å². The van der Waals surface area contributed by atoms with Gasteiger partial charge in [0.05, 0.1) is 6.61 Å². The molecule has 2 N–H and O–H groups in total. The Morgan fingerprint density at radius 3 is 1.06 bits per heavy atom. The molecule has 8 nitrogen and oxygen atoms in total. The SMILES string of the molecule is CCCCCCCCCCCCCCCC/C=C/CC/C=C/CCCC(=O)OC[C@H](COP(=O)(O)O)OC(=O)CCCCCCCCCCCCCCCCCCCCCCCC. The highest BCUT2D eigenvalue weighted by atomic mass is 31.2. The number of hydrogen-bond donors (Lipinski definition) is 2. The maximum absolute atomic E-state index is 12.5. The third kappa shape index (κ3) is 53.0. The molecule has 1 atom stereocenters. The molecule has 0 aliphatic rings. The largest absolute Gasteiger partial charge is 0.469 e. The summed E-state index contributed by atoms with van der Waals surface area (Å²) in [5.41, 5.74) is 0. The molecule has 0 aliphatic carbocycles. The fraction of sp³-hybridized carbons (Fsp3) is 0.889. The molecule has 0 unspecified atom stereocenters. The number of unbranched alkanes of at least 4 members (excludes halogenated alkanes) is 37. The first kappa shape index (κ1) is 61.5. The lowest BCUT2D eigenvalue weighted by molar-refractivity contribution is -0.161. The van der Waals surface area contributed by atoms with Crippen molar-refractivity contribution < 1.29 is 37.9 Å². The van der Waals surface area contributed by atoms with E-state index in [9.17, 15) is 14.2 Å². The fourth-order valence-electron chi connectivity index (χ4n) is 8.16. The minimum atomic E-state index is -4.77. The van der Waals surface area contributed by atoms with Gasteiger partial charge in [-0.2, -0.15) is 0 Å². The Morgan fingerprint density at radius 1 is 0.397 bits per heavy atom. The van der Waals surface area contributed by atoms with Crippen molar-refractivity contribution in [1.82, 2.24) is 0 Å². The summed E-state index contributed by atoms with van der Waals surface area (Å²) in [5.74, 6) is -0.917. The van der Waals surface area contributed by atoms with E-state index < -0.39 is 32.5 Å². The number of phosphoric ester groups is 1. The van der Waals surface area contributed by atoms with Gasteiger partial charge in [0.1, 0.15) is 6.61 Å². The third-order valence-corrected chi connectivity index (χ3v) is 12.7. The van der Waals surface area contributed by atoms with Crippen molar-refractivity contribution in [2.45, 2.75) is 296 Å². The Labute approximate surface area is 390 Å². The van der Waals surface area contributed by atoms with Crippen LogP contribution in [-0.2, 0) is 28.2 Å². The van der Waals surface area contributed by atoms with E-state index in [1.54, 1.807) is 0 Å². The zero-order valence-electron chi connectivity index (χ0n) is 41.5. The number of phosphoric acid groups is 1. The molecular formula is C54H103O8P. The maximum atomic E-state index is 12.5. The monoisotopic (exact) mass is 911 g/mol. The molecule has 0 bridgehead atoms. The summed E-state index contributed by atoms with van der Waals surface area (Å²) < 4.78 is 26.5. The van der Waals surface area contributed by atoms with Gasteiger partial charge in [-0.1, -0.05) is 256 Å². The fourth-order valence-corrected chi connectivity index (χ4v) is 8.52. The molecule has 0 rings (SSSR count). The van der Waals surface area contributed by atoms with Gasteiger partial charge in [-0.15, -0.1) is 0 Å². The van der Waals surface area contributed by atoms with Gasteiger partial charge >= 0.3 is 19.8 Å². The van der Waals surface area contributed by atoms with Crippen LogP contribution in [0.1, 0.15) is 290 Å². The van der Waals surface area contributed by atoms with Crippen LogP contribution in [0.5, 0.6) is 0 Å². The van der Waals surface area contributed by atoms with Crippen LogP contribution >= 0.6 is 7.82 Å². The van der Waals surface area contributed by atoms with Crippen LogP contribution in [0.3, 0.4) is 0 Å². The zero-order valence-corrected chi connectivity index (χ0v) is 42.4. The summed E-state index contributed by atoms with van der Waals surface area (Å²) in [4.78, 5) is 43.1.